The third kappa shape index (κ3) is 5.39. The molecule has 4 rings (SSSR count). The van der Waals surface area contributed by atoms with Crippen molar-refractivity contribution in [3.63, 3.8) is 0 Å². The van der Waals surface area contributed by atoms with Gasteiger partial charge in [0.1, 0.15) is 11.5 Å². The van der Waals surface area contributed by atoms with Crippen molar-refractivity contribution < 1.29 is 14.3 Å². The lowest BCUT2D eigenvalue weighted by atomic mass is 10.1. The lowest BCUT2D eigenvalue weighted by molar-refractivity contribution is -0.131. The van der Waals surface area contributed by atoms with Crippen molar-refractivity contribution in [2.24, 2.45) is 0 Å². The standard InChI is InChI=1S/C25H31N3O3/c1-19(29)31-23-10-11-25-24(17-23)20(18-26-25)5-3-4-12-27-13-15-28(16-14-27)21-6-8-22(30-2)9-7-21/h6-11,17-18,26H,3-5,12-16H2,1-2H3. The number of fused-ring (bicyclic) bond motifs is 1. The number of nitrogens with one attached hydrogen (secondary N) is 1. The Kier molecular flexibility index (Phi) is 6.77. The lowest BCUT2D eigenvalue weighted by Crippen LogP contribution is -2.46. The molecule has 0 saturated carbocycles. The van der Waals surface area contributed by atoms with E-state index in [0.29, 0.717) is 5.75 Å². The van der Waals surface area contributed by atoms with Gasteiger partial charge in [-0.05, 0) is 73.8 Å². The van der Waals surface area contributed by atoms with Gasteiger partial charge in [0.2, 0.25) is 0 Å². The Morgan fingerprint density at radius 3 is 2.45 bits per heavy atom. The summed E-state index contributed by atoms with van der Waals surface area (Å²) in [6.45, 7) is 6.90. The van der Waals surface area contributed by atoms with Crippen molar-refractivity contribution in [1.29, 1.82) is 0 Å². The van der Waals surface area contributed by atoms with Gasteiger partial charge < -0.3 is 19.4 Å². The number of benzene rings is 2. The van der Waals surface area contributed by atoms with Gasteiger partial charge in [-0.3, -0.25) is 9.69 Å². The highest BCUT2D eigenvalue weighted by Gasteiger charge is 2.17. The molecule has 0 bridgehead atoms. The molecule has 1 aliphatic heterocycles. The number of piperazine rings is 1. The molecule has 0 radical (unpaired) electrons. The maximum absolute atomic E-state index is 11.2. The molecule has 6 heteroatoms. The van der Waals surface area contributed by atoms with E-state index in [4.69, 9.17) is 9.47 Å². The molecule has 0 atom stereocenters. The Labute approximate surface area is 183 Å². The van der Waals surface area contributed by atoms with Gasteiger partial charge in [0.05, 0.1) is 7.11 Å². The van der Waals surface area contributed by atoms with Gasteiger partial charge in [-0.25, -0.2) is 0 Å². The number of aryl methyl sites for hydroxylation is 1. The number of methoxy groups -OCH3 is 1. The first-order valence-corrected chi connectivity index (χ1v) is 11.0. The van der Waals surface area contributed by atoms with Crippen molar-refractivity contribution in [3.8, 4) is 11.5 Å². The van der Waals surface area contributed by atoms with E-state index in [1.165, 1.54) is 24.6 Å². The fourth-order valence-electron chi connectivity index (χ4n) is 4.27. The molecular formula is C25H31N3O3. The van der Waals surface area contributed by atoms with Crippen LogP contribution in [0.4, 0.5) is 5.69 Å². The van der Waals surface area contributed by atoms with E-state index in [2.05, 4.69) is 33.1 Å². The normalized spacial score (nSPS) is 14.7. The zero-order valence-corrected chi connectivity index (χ0v) is 18.4. The molecule has 0 spiro atoms. The number of carbonyl (C=O) groups excluding carboxylic acids is 1. The molecule has 1 aliphatic rings. The van der Waals surface area contributed by atoms with Crippen molar-refractivity contribution in [2.45, 2.75) is 26.2 Å². The minimum atomic E-state index is -0.288. The third-order valence-electron chi connectivity index (χ3n) is 5.98. The number of anilines is 1. The van der Waals surface area contributed by atoms with Crippen molar-refractivity contribution in [2.75, 3.05) is 44.7 Å². The molecule has 0 unspecified atom stereocenters. The van der Waals surface area contributed by atoms with Gasteiger partial charge in [-0.1, -0.05) is 0 Å². The summed E-state index contributed by atoms with van der Waals surface area (Å²) in [6.07, 6.45) is 5.42. The van der Waals surface area contributed by atoms with Crippen molar-refractivity contribution in [1.82, 2.24) is 9.88 Å². The highest BCUT2D eigenvalue weighted by Crippen LogP contribution is 2.25. The molecule has 1 aromatic heterocycles. The summed E-state index contributed by atoms with van der Waals surface area (Å²) in [5, 5.41) is 1.15. The topological polar surface area (TPSA) is 57.8 Å². The fourth-order valence-corrected chi connectivity index (χ4v) is 4.27. The van der Waals surface area contributed by atoms with Crippen LogP contribution >= 0.6 is 0 Å². The Balaban J connectivity index is 1.22. The quantitative estimate of drug-likeness (QED) is 0.335. The number of hydrogen-bond donors (Lipinski definition) is 1. The van der Waals surface area contributed by atoms with E-state index in [0.717, 1.165) is 62.2 Å². The first-order chi connectivity index (χ1) is 15.1. The number of esters is 1. The number of ether oxygens (including phenoxy) is 2. The number of unbranched alkanes of at least 4 members (excludes halogenated alkanes) is 1. The van der Waals surface area contributed by atoms with Crippen LogP contribution in [-0.2, 0) is 11.2 Å². The predicted octanol–water partition coefficient (Wildman–Crippen LogP) is 4.25. The van der Waals surface area contributed by atoms with Crippen LogP contribution in [-0.4, -0.2) is 55.7 Å². The van der Waals surface area contributed by atoms with Gasteiger partial charge in [0.15, 0.2) is 0 Å². The van der Waals surface area contributed by atoms with Crippen LogP contribution in [0.25, 0.3) is 10.9 Å². The minimum absolute atomic E-state index is 0.288. The summed E-state index contributed by atoms with van der Waals surface area (Å²) in [5.41, 5.74) is 3.64. The number of aromatic nitrogens is 1. The van der Waals surface area contributed by atoms with E-state index >= 15 is 0 Å². The van der Waals surface area contributed by atoms with Crippen molar-refractivity contribution in [3.05, 3.63) is 54.2 Å². The third-order valence-corrected chi connectivity index (χ3v) is 5.98. The van der Waals surface area contributed by atoms with Crippen LogP contribution in [0.1, 0.15) is 25.3 Å². The van der Waals surface area contributed by atoms with Crippen LogP contribution in [0, 0.1) is 0 Å². The Morgan fingerprint density at radius 1 is 1.00 bits per heavy atom. The van der Waals surface area contributed by atoms with Crippen LogP contribution in [0.5, 0.6) is 11.5 Å². The maximum atomic E-state index is 11.2. The van der Waals surface area contributed by atoms with Gasteiger partial charge >= 0.3 is 5.97 Å². The Morgan fingerprint density at radius 2 is 1.74 bits per heavy atom. The summed E-state index contributed by atoms with van der Waals surface area (Å²) in [7, 11) is 1.70. The van der Waals surface area contributed by atoms with E-state index in [9.17, 15) is 4.79 Å². The van der Waals surface area contributed by atoms with Gasteiger partial charge in [-0.2, -0.15) is 0 Å². The summed E-state index contributed by atoms with van der Waals surface area (Å²) < 4.78 is 10.5. The summed E-state index contributed by atoms with van der Waals surface area (Å²) in [4.78, 5) is 19.6. The summed E-state index contributed by atoms with van der Waals surface area (Å²) in [5.74, 6) is 1.22. The van der Waals surface area contributed by atoms with E-state index < -0.39 is 0 Å². The minimum Gasteiger partial charge on any atom is -0.497 e. The molecule has 0 aliphatic carbocycles. The number of rotatable bonds is 8. The van der Waals surface area contributed by atoms with E-state index in [-0.39, 0.29) is 5.97 Å². The van der Waals surface area contributed by atoms with Gasteiger partial charge in [-0.15, -0.1) is 0 Å². The second kappa shape index (κ2) is 9.88. The zero-order valence-electron chi connectivity index (χ0n) is 18.4. The molecule has 1 fully saturated rings. The number of H-pyrrole nitrogens is 1. The molecule has 1 saturated heterocycles. The first-order valence-electron chi connectivity index (χ1n) is 11.0. The molecule has 3 aromatic rings. The molecule has 0 amide bonds. The zero-order chi connectivity index (χ0) is 21.6. The molecular weight excluding hydrogens is 390 g/mol. The van der Waals surface area contributed by atoms with Crippen LogP contribution in [0.2, 0.25) is 0 Å². The van der Waals surface area contributed by atoms with E-state index in [1.54, 1.807) is 7.11 Å². The number of hydrogen-bond acceptors (Lipinski definition) is 5. The van der Waals surface area contributed by atoms with E-state index in [1.807, 2.05) is 30.3 Å². The number of aromatic amines is 1. The number of carbonyl (C=O) groups is 1. The second-order valence-electron chi connectivity index (χ2n) is 8.10. The molecule has 31 heavy (non-hydrogen) atoms. The Hall–Kier alpha value is -2.99. The highest BCUT2D eigenvalue weighted by atomic mass is 16.5. The monoisotopic (exact) mass is 421 g/mol. The molecule has 2 heterocycles. The number of nitrogens with zero attached hydrogens (tertiary/aromatic N) is 2. The average Bonchev–Trinajstić information content (AvgIpc) is 3.19. The van der Waals surface area contributed by atoms with Crippen LogP contribution in [0.3, 0.4) is 0 Å². The SMILES string of the molecule is COc1ccc(N2CCN(CCCCc3c[nH]c4ccc(OC(C)=O)cc34)CC2)cc1. The summed E-state index contributed by atoms with van der Waals surface area (Å²) in [6, 6.07) is 14.1. The average molecular weight is 422 g/mol. The van der Waals surface area contributed by atoms with Crippen LogP contribution < -0.4 is 14.4 Å². The molecule has 1 N–H and O–H groups in total. The summed E-state index contributed by atoms with van der Waals surface area (Å²) >= 11 is 0. The predicted molar refractivity (Wildman–Crippen MR) is 124 cm³/mol. The fraction of sp³-hybridized carbons (Fsp3) is 0.400. The molecule has 164 valence electrons. The molecule has 6 nitrogen and oxygen atoms in total. The Bertz CT molecular complexity index is 1000. The van der Waals surface area contributed by atoms with Gasteiger partial charge in [0, 0.05) is 55.9 Å². The van der Waals surface area contributed by atoms with Crippen LogP contribution in [0.15, 0.2) is 48.7 Å². The maximum Gasteiger partial charge on any atom is 0.308 e. The van der Waals surface area contributed by atoms with Gasteiger partial charge in [0.25, 0.3) is 0 Å². The highest BCUT2D eigenvalue weighted by molar-refractivity contribution is 5.85. The largest absolute Gasteiger partial charge is 0.497 e. The first kappa shape index (κ1) is 21.2. The van der Waals surface area contributed by atoms with Crippen molar-refractivity contribution >= 4 is 22.6 Å². The smallest absolute Gasteiger partial charge is 0.308 e. The molecule has 2 aromatic carbocycles. The lowest BCUT2D eigenvalue weighted by Gasteiger charge is -2.36. The second-order valence-corrected chi connectivity index (χ2v) is 8.10.